The van der Waals surface area contributed by atoms with Crippen molar-refractivity contribution in [3.63, 3.8) is 0 Å². The lowest BCUT2D eigenvalue weighted by atomic mass is 9.81. The predicted molar refractivity (Wildman–Crippen MR) is 70.7 cm³/mol. The molecule has 0 radical (unpaired) electrons. The van der Waals surface area contributed by atoms with Gasteiger partial charge in [-0.2, -0.15) is 0 Å². The molecular formula is C14H21N3O2. The standard InChI is InChI=1S/C14H21N3O2/c1-15-12(13-16-5-2-6-17-13)11-3-7-19-14(9-11)4-8-18-10-14/h2,5-6,11-12,15H,3-4,7-10H2,1H3. The minimum absolute atomic E-state index is 0.0627. The Morgan fingerprint density at radius 2 is 2.21 bits per heavy atom. The average molecular weight is 263 g/mol. The van der Waals surface area contributed by atoms with E-state index in [2.05, 4.69) is 15.3 Å². The van der Waals surface area contributed by atoms with E-state index >= 15 is 0 Å². The molecule has 3 rings (SSSR count). The summed E-state index contributed by atoms with van der Waals surface area (Å²) in [4.78, 5) is 8.79. The third-order valence-corrected chi connectivity index (χ3v) is 4.24. The molecule has 3 unspecified atom stereocenters. The average Bonchev–Trinajstić information content (AvgIpc) is 2.89. The van der Waals surface area contributed by atoms with Gasteiger partial charge in [0, 0.05) is 32.0 Å². The monoisotopic (exact) mass is 263 g/mol. The van der Waals surface area contributed by atoms with Gasteiger partial charge < -0.3 is 14.8 Å². The Balaban J connectivity index is 1.76. The molecule has 0 amide bonds. The number of aromatic nitrogens is 2. The SMILES string of the molecule is CNC(c1ncccn1)C1CCOC2(CCOC2)C1. The zero-order chi connectivity index (χ0) is 13.1. The molecule has 3 heterocycles. The first-order valence-corrected chi connectivity index (χ1v) is 6.99. The molecule has 3 atom stereocenters. The van der Waals surface area contributed by atoms with Crippen molar-refractivity contribution in [2.45, 2.75) is 30.9 Å². The molecule has 19 heavy (non-hydrogen) atoms. The second-order valence-corrected chi connectivity index (χ2v) is 5.46. The maximum atomic E-state index is 5.99. The summed E-state index contributed by atoms with van der Waals surface area (Å²) in [6.45, 7) is 2.35. The number of hydrogen-bond donors (Lipinski definition) is 1. The van der Waals surface area contributed by atoms with Crippen LogP contribution in [-0.2, 0) is 9.47 Å². The topological polar surface area (TPSA) is 56.3 Å². The van der Waals surface area contributed by atoms with E-state index < -0.39 is 0 Å². The van der Waals surface area contributed by atoms with Crippen LogP contribution in [0.4, 0.5) is 0 Å². The van der Waals surface area contributed by atoms with Crippen molar-refractivity contribution in [3.05, 3.63) is 24.3 Å². The summed E-state index contributed by atoms with van der Waals surface area (Å²) in [6, 6.07) is 2.05. The van der Waals surface area contributed by atoms with Gasteiger partial charge in [0.1, 0.15) is 5.82 Å². The van der Waals surface area contributed by atoms with Crippen molar-refractivity contribution in [2.24, 2.45) is 5.92 Å². The molecule has 0 saturated carbocycles. The first kappa shape index (κ1) is 13.0. The minimum Gasteiger partial charge on any atom is -0.378 e. The number of hydrogen-bond acceptors (Lipinski definition) is 5. The van der Waals surface area contributed by atoms with Crippen LogP contribution in [0.1, 0.15) is 31.1 Å². The summed E-state index contributed by atoms with van der Waals surface area (Å²) in [6.07, 6.45) is 6.69. The van der Waals surface area contributed by atoms with E-state index in [9.17, 15) is 0 Å². The largest absolute Gasteiger partial charge is 0.378 e. The van der Waals surface area contributed by atoms with E-state index in [0.29, 0.717) is 5.92 Å². The Bertz CT molecular complexity index is 406. The molecule has 1 aromatic heterocycles. The second kappa shape index (κ2) is 5.53. The fourth-order valence-electron chi connectivity index (χ4n) is 3.26. The maximum Gasteiger partial charge on any atom is 0.145 e. The van der Waals surface area contributed by atoms with Gasteiger partial charge >= 0.3 is 0 Å². The van der Waals surface area contributed by atoms with Gasteiger partial charge in [0.25, 0.3) is 0 Å². The van der Waals surface area contributed by atoms with Crippen LogP contribution in [0.5, 0.6) is 0 Å². The molecule has 0 aliphatic carbocycles. The number of nitrogens with zero attached hydrogens (tertiary/aromatic N) is 2. The highest BCUT2D eigenvalue weighted by Gasteiger charge is 2.43. The zero-order valence-electron chi connectivity index (χ0n) is 11.3. The zero-order valence-corrected chi connectivity index (χ0v) is 11.3. The van der Waals surface area contributed by atoms with Crippen LogP contribution in [0.15, 0.2) is 18.5 Å². The lowest BCUT2D eigenvalue weighted by Crippen LogP contribution is -2.44. The third-order valence-electron chi connectivity index (χ3n) is 4.24. The van der Waals surface area contributed by atoms with Gasteiger partial charge in [0.05, 0.1) is 18.2 Å². The number of ether oxygens (including phenoxy) is 2. The molecule has 2 aliphatic heterocycles. The molecule has 1 N–H and O–H groups in total. The Morgan fingerprint density at radius 3 is 2.89 bits per heavy atom. The summed E-state index contributed by atoms with van der Waals surface area (Å²) in [7, 11) is 1.98. The van der Waals surface area contributed by atoms with Crippen molar-refractivity contribution in [1.29, 1.82) is 0 Å². The lowest BCUT2D eigenvalue weighted by Gasteiger charge is -2.39. The Labute approximate surface area is 113 Å². The Hall–Kier alpha value is -1.04. The van der Waals surface area contributed by atoms with Crippen LogP contribution in [0.3, 0.4) is 0 Å². The van der Waals surface area contributed by atoms with Gasteiger partial charge in [0.15, 0.2) is 0 Å². The van der Waals surface area contributed by atoms with Crippen LogP contribution in [0.2, 0.25) is 0 Å². The molecule has 2 fully saturated rings. The number of nitrogens with one attached hydrogen (secondary N) is 1. The maximum absolute atomic E-state index is 5.99. The van der Waals surface area contributed by atoms with Gasteiger partial charge in [-0.25, -0.2) is 9.97 Å². The van der Waals surface area contributed by atoms with Crippen LogP contribution < -0.4 is 5.32 Å². The normalized spacial score (nSPS) is 32.6. The summed E-state index contributed by atoms with van der Waals surface area (Å²) in [5.41, 5.74) is -0.0627. The number of rotatable bonds is 3. The molecule has 5 heteroatoms. The van der Waals surface area contributed by atoms with Gasteiger partial charge in [-0.05, 0) is 31.9 Å². The van der Waals surface area contributed by atoms with Crippen LogP contribution >= 0.6 is 0 Å². The predicted octanol–water partition coefficient (Wildman–Crippen LogP) is 1.32. The second-order valence-electron chi connectivity index (χ2n) is 5.46. The van der Waals surface area contributed by atoms with Crippen molar-refractivity contribution < 1.29 is 9.47 Å². The highest BCUT2D eigenvalue weighted by atomic mass is 16.6. The minimum atomic E-state index is -0.0627. The van der Waals surface area contributed by atoms with Gasteiger partial charge in [-0.15, -0.1) is 0 Å². The van der Waals surface area contributed by atoms with E-state index in [1.807, 2.05) is 13.1 Å². The van der Waals surface area contributed by atoms with Crippen molar-refractivity contribution in [2.75, 3.05) is 26.9 Å². The quantitative estimate of drug-likeness (QED) is 0.891. The molecule has 2 saturated heterocycles. The molecule has 2 aliphatic rings. The van der Waals surface area contributed by atoms with Crippen LogP contribution in [0.25, 0.3) is 0 Å². The van der Waals surface area contributed by atoms with Crippen molar-refractivity contribution in [3.8, 4) is 0 Å². The van der Waals surface area contributed by atoms with Gasteiger partial charge in [0.2, 0.25) is 0 Å². The molecule has 104 valence electrons. The summed E-state index contributed by atoms with van der Waals surface area (Å²) in [5.74, 6) is 1.38. The van der Waals surface area contributed by atoms with E-state index in [-0.39, 0.29) is 11.6 Å². The van der Waals surface area contributed by atoms with Gasteiger partial charge in [-0.3, -0.25) is 0 Å². The fraction of sp³-hybridized carbons (Fsp3) is 0.714. The first-order chi connectivity index (χ1) is 9.33. The molecule has 1 aromatic rings. The highest BCUT2D eigenvalue weighted by Crippen LogP contribution is 2.40. The summed E-state index contributed by atoms with van der Waals surface area (Å²) in [5, 5.41) is 3.37. The molecular weight excluding hydrogens is 242 g/mol. The van der Waals surface area contributed by atoms with E-state index in [1.165, 1.54) is 0 Å². The molecule has 0 aromatic carbocycles. The van der Waals surface area contributed by atoms with E-state index in [1.54, 1.807) is 12.4 Å². The van der Waals surface area contributed by atoms with E-state index in [4.69, 9.17) is 9.47 Å². The smallest absolute Gasteiger partial charge is 0.145 e. The van der Waals surface area contributed by atoms with Crippen molar-refractivity contribution in [1.82, 2.24) is 15.3 Å². The molecule has 0 bridgehead atoms. The molecule has 1 spiro atoms. The van der Waals surface area contributed by atoms with Gasteiger partial charge in [-0.1, -0.05) is 0 Å². The van der Waals surface area contributed by atoms with Crippen LogP contribution in [-0.4, -0.2) is 42.4 Å². The third kappa shape index (κ3) is 2.63. The fourth-order valence-corrected chi connectivity index (χ4v) is 3.26. The van der Waals surface area contributed by atoms with E-state index in [0.717, 1.165) is 44.9 Å². The summed E-state index contributed by atoms with van der Waals surface area (Å²) < 4.78 is 11.5. The Kier molecular flexibility index (Phi) is 3.77. The lowest BCUT2D eigenvalue weighted by molar-refractivity contribution is -0.103. The summed E-state index contributed by atoms with van der Waals surface area (Å²) >= 11 is 0. The highest BCUT2D eigenvalue weighted by molar-refractivity contribution is 5.02. The first-order valence-electron chi connectivity index (χ1n) is 6.99. The van der Waals surface area contributed by atoms with Crippen LogP contribution in [0, 0.1) is 5.92 Å². The van der Waals surface area contributed by atoms with Crippen molar-refractivity contribution >= 4 is 0 Å². The molecule has 5 nitrogen and oxygen atoms in total. The Morgan fingerprint density at radius 1 is 1.37 bits per heavy atom.